The van der Waals surface area contributed by atoms with Crippen molar-refractivity contribution in [1.82, 2.24) is 0 Å². The van der Waals surface area contributed by atoms with E-state index in [1.807, 2.05) is 48.5 Å². The normalized spacial score (nSPS) is 17.0. The van der Waals surface area contributed by atoms with Crippen LogP contribution in [0.2, 0.25) is 5.02 Å². The molecular formula is C20H20ClNO3. The molecule has 0 spiro atoms. The number of benzene rings is 2. The molecule has 1 heterocycles. The summed E-state index contributed by atoms with van der Waals surface area (Å²) in [5, 5.41) is 0.744. The van der Waals surface area contributed by atoms with Crippen molar-refractivity contribution >= 4 is 29.2 Å². The van der Waals surface area contributed by atoms with Gasteiger partial charge >= 0.3 is 5.97 Å². The molecule has 1 amide bonds. The molecule has 0 radical (unpaired) electrons. The topological polar surface area (TPSA) is 46.6 Å². The molecule has 1 aliphatic heterocycles. The summed E-state index contributed by atoms with van der Waals surface area (Å²) in [4.78, 5) is 25.4. The molecular weight excluding hydrogens is 338 g/mol. The number of carbonyl (C=O) groups excluding carboxylic acids is 2. The first-order valence-corrected chi connectivity index (χ1v) is 8.66. The molecule has 130 valence electrons. The van der Waals surface area contributed by atoms with E-state index >= 15 is 0 Å². The number of amides is 1. The number of anilines is 1. The Morgan fingerprint density at radius 2 is 1.64 bits per heavy atom. The van der Waals surface area contributed by atoms with E-state index in [1.54, 1.807) is 4.90 Å². The Balaban J connectivity index is 1.61. The number of methoxy groups -OCH3 is 1. The van der Waals surface area contributed by atoms with Crippen LogP contribution < -0.4 is 4.90 Å². The molecule has 2 aromatic rings. The molecule has 2 aromatic carbocycles. The second-order valence-electron chi connectivity index (χ2n) is 6.22. The van der Waals surface area contributed by atoms with Crippen LogP contribution in [-0.4, -0.2) is 25.5 Å². The van der Waals surface area contributed by atoms with Gasteiger partial charge < -0.3 is 9.64 Å². The fourth-order valence-electron chi connectivity index (χ4n) is 3.06. The van der Waals surface area contributed by atoms with Crippen LogP contribution in [0.5, 0.6) is 0 Å². The molecule has 0 unspecified atom stereocenters. The average molecular weight is 358 g/mol. The van der Waals surface area contributed by atoms with E-state index in [4.69, 9.17) is 16.3 Å². The largest absolute Gasteiger partial charge is 0.469 e. The predicted octanol–water partition coefficient (Wildman–Crippen LogP) is 3.65. The van der Waals surface area contributed by atoms with Crippen molar-refractivity contribution in [3.8, 4) is 0 Å². The van der Waals surface area contributed by atoms with Crippen LogP contribution in [0.25, 0.3) is 0 Å². The zero-order valence-electron chi connectivity index (χ0n) is 14.1. The zero-order chi connectivity index (χ0) is 17.8. The Bertz CT molecular complexity index is 756. The first-order chi connectivity index (χ1) is 12.1. The third kappa shape index (κ3) is 4.20. The van der Waals surface area contributed by atoms with E-state index in [0.717, 1.165) is 23.6 Å². The van der Waals surface area contributed by atoms with Gasteiger partial charge in [0.15, 0.2) is 0 Å². The third-order valence-electron chi connectivity index (χ3n) is 4.52. The molecule has 0 N–H and O–H groups in total. The first kappa shape index (κ1) is 17.5. The molecule has 0 saturated carbocycles. The lowest BCUT2D eigenvalue weighted by molar-refractivity contribution is -0.145. The molecule has 1 saturated heterocycles. The van der Waals surface area contributed by atoms with Crippen molar-refractivity contribution in [1.29, 1.82) is 0 Å². The fourth-order valence-corrected chi connectivity index (χ4v) is 3.19. The molecule has 5 heteroatoms. The monoisotopic (exact) mass is 357 g/mol. The van der Waals surface area contributed by atoms with Crippen LogP contribution >= 0.6 is 11.6 Å². The van der Waals surface area contributed by atoms with Crippen LogP contribution in [0.3, 0.4) is 0 Å². The van der Waals surface area contributed by atoms with Gasteiger partial charge in [0.2, 0.25) is 5.91 Å². The molecule has 1 aliphatic rings. The van der Waals surface area contributed by atoms with Gasteiger partial charge in [-0.05, 0) is 48.2 Å². The average Bonchev–Trinajstić information content (AvgIpc) is 3.03. The minimum atomic E-state index is -0.373. The fraction of sp³-hybridized carbons (Fsp3) is 0.300. The molecule has 1 atom stereocenters. The smallest absolute Gasteiger partial charge is 0.311 e. The van der Waals surface area contributed by atoms with Crippen molar-refractivity contribution in [3.05, 3.63) is 64.7 Å². The van der Waals surface area contributed by atoms with Gasteiger partial charge in [-0.15, -0.1) is 0 Å². The lowest BCUT2D eigenvalue weighted by Crippen LogP contribution is -2.26. The highest BCUT2D eigenvalue weighted by molar-refractivity contribution is 6.30. The number of halogens is 1. The van der Waals surface area contributed by atoms with Crippen molar-refractivity contribution in [2.75, 3.05) is 18.6 Å². The summed E-state index contributed by atoms with van der Waals surface area (Å²) in [6.45, 7) is 0.385. The van der Waals surface area contributed by atoms with Gasteiger partial charge in [-0.25, -0.2) is 0 Å². The summed E-state index contributed by atoms with van der Waals surface area (Å²) < 4.78 is 4.74. The van der Waals surface area contributed by atoms with Crippen molar-refractivity contribution in [2.45, 2.75) is 19.3 Å². The Labute approximate surface area is 152 Å². The molecule has 25 heavy (non-hydrogen) atoms. The van der Waals surface area contributed by atoms with Gasteiger partial charge in [0.25, 0.3) is 0 Å². The predicted molar refractivity (Wildman–Crippen MR) is 97.8 cm³/mol. The Morgan fingerprint density at radius 3 is 2.20 bits per heavy atom. The highest BCUT2D eigenvalue weighted by atomic mass is 35.5. The maximum absolute atomic E-state index is 12.1. The summed E-state index contributed by atoms with van der Waals surface area (Å²) in [6, 6.07) is 15.8. The van der Waals surface area contributed by atoms with Gasteiger partial charge in [-0.3, -0.25) is 9.59 Å². The molecule has 0 bridgehead atoms. The number of aryl methyl sites for hydroxylation is 2. The summed E-state index contributed by atoms with van der Waals surface area (Å²) in [5.74, 6) is -0.734. The molecule has 0 aliphatic carbocycles. The van der Waals surface area contributed by atoms with Crippen LogP contribution in [0.4, 0.5) is 5.69 Å². The van der Waals surface area contributed by atoms with E-state index in [1.165, 1.54) is 18.2 Å². The van der Waals surface area contributed by atoms with Crippen LogP contribution in [0.15, 0.2) is 48.5 Å². The summed E-state index contributed by atoms with van der Waals surface area (Å²) in [7, 11) is 1.35. The Kier molecular flexibility index (Phi) is 5.39. The van der Waals surface area contributed by atoms with E-state index in [-0.39, 0.29) is 24.2 Å². The van der Waals surface area contributed by atoms with Gasteiger partial charge in [-0.1, -0.05) is 35.9 Å². The Morgan fingerprint density at radius 1 is 1.08 bits per heavy atom. The second-order valence-corrected chi connectivity index (χ2v) is 6.66. The van der Waals surface area contributed by atoms with Crippen molar-refractivity contribution < 1.29 is 14.3 Å². The molecule has 1 fully saturated rings. The molecule has 0 aromatic heterocycles. The van der Waals surface area contributed by atoms with E-state index in [9.17, 15) is 9.59 Å². The van der Waals surface area contributed by atoms with Crippen LogP contribution in [0.1, 0.15) is 17.5 Å². The molecule has 3 rings (SSSR count). The molecule has 4 nitrogen and oxygen atoms in total. The van der Waals surface area contributed by atoms with Gasteiger partial charge in [0, 0.05) is 23.7 Å². The standard InChI is InChI=1S/C20H20ClNO3/c1-25-20(24)16-12-19(23)22(13-16)18-10-6-15(7-11-18)3-2-14-4-8-17(21)9-5-14/h4-11,16H,2-3,12-13H2,1H3/t16-/m0/s1. The summed E-state index contributed by atoms with van der Waals surface area (Å²) in [6.07, 6.45) is 2.06. The summed E-state index contributed by atoms with van der Waals surface area (Å²) in [5.41, 5.74) is 3.27. The van der Waals surface area contributed by atoms with Crippen LogP contribution in [-0.2, 0) is 27.2 Å². The van der Waals surface area contributed by atoms with Gasteiger partial charge in [-0.2, -0.15) is 0 Å². The number of esters is 1. The van der Waals surface area contributed by atoms with E-state index in [2.05, 4.69) is 0 Å². The quantitative estimate of drug-likeness (QED) is 0.767. The van der Waals surface area contributed by atoms with Crippen molar-refractivity contribution in [3.63, 3.8) is 0 Å². The number of nitrogens with zero attached hydrogens (tertiary/aromatic N) is 1. The minimum Gasteiger partial charge on any atom is -0.469 e. The van der Waals surface area contributed by atoms with Crippen molar-refractivity contribution in [2.24, 2.45) is 5.92 Å². The SMILES string of the molecule is COC(=O)[C@H]1CC(=O)N(c2ccc(CCc3ccc(Cl)cc3)cc2)C1. The third-order valence-corrected chi connectivity index (χ3v) is 4.78. The Hall–Kier alpha value is -2.33. The second kappa shape index (κ2) is 7.70. The maximum atomic E-state index is 12.1. The number of carbonyl (C=O) groups is 2. The number of hydrogen-bond acceptors (Lipinski definition) is 3. The first-order valence-electron chi connectivity index (χ1n) is 8.28. The zero-order valence-corrected chi connectivity index (χ0v) is 14.8. The van der Waals surface area contributed by atoms with Crippen LogP contribution in [0, 0.1) is 5.92 Å². The highest BCUT2D eigenvalue weighted by Gasteiger charge is 2.35. The number of ether oxygens (including phenoxy) is 1. The maximum Gasteiger partial charge on any atom is 0.311 e. The van der Waals surface area contributed by atoms with E-state index < -0.39 is 0 Å². The highest BCUT2D eigenvalue weighted by Crippen LogP contribution is 2.26. The lowest BCUT2D eigenvalue weighted by Gasteiger charge is -2.16. The van der Waals surface area contributed by atoms with Gasteiger partial charge in [0.1, 0.15) is 0 Å². The van der Waals surface area contributed by atoms with E-state index in [0.29, 0.717) is 6.54 Å². The summed E-state index contributed by atoms with van der Waals surface area (Å²) >= 11 is 5.90. The number of rotatable bonds is 5. The van der Waals surface area contributed by atoms with Gasteiger partial charge in [0.05, 0.1) is 13.0 Å². The number of hydrogen-bond donors (Lipinski definition) is 0. The minimum absolute atomic E-state index is 0.0377. The lowest BCUT2D eigenvalue weighted by atomic mass is 10.0.